The largest absolute Gasteiger partial charge is 0.245 e. The molecule has 0 bridgehead atoms. The van der Waals surface area contributed by atoms with Crippen LogP contribution in [0.5, 0.6) is 0 Å². The van der Waals surface area contributed by atoms with Crippen molar-refractivity contribution in [1.29, 1.82) is 0 Å². The Bertz CT molecular complexity index is 2780. The van der Waals surface area contributed by atoms with Crippen LogP contribution in [0, 0.1) is 0 Å². The van der Waals surface area contributed by atoms with Crippen molar-refractivity contribution in [3.63, 3.8) is 0 Å². The zero-order chi connectivity index (χ0) is 41.9. The number of nitrogens with zero attached hydrogens (tertiary/aromatic N) is 8. The van der Waals surface area contributed by atoms with Gasteiger partial charge < -0.3 is 0 Å². The maximum atomic E-state index is 4.78. The van der Waals surface area contributed by atoms with Gasteiger partial charge in [0.1, 0.15) is 25.3 Å². The fourth-order valence-electron chi connectivity index (χ4n) is 10.3. The second-order valence-corrected chi connectivity index (χ2v) is 21.0. The van der Waals surface area contributed by atoms with Gasteiger partial charge in [-0.25, -0.2) is 39.9 Å². The van der Waals surface area contributed by atoms with Crippen LogP contribution in [0.1, 0.15) is 57.3 Å². The van der Waals surface area contributed by atoms with Gasteiger partial charge in [-0.3, -0.25) is 0 Å². The Hall–Kier alpha value is -7.15. The molecule has 2 aliphatic rings. The van der Waals surface area contributed by atoms with Crippen molar-refractivity contribution in [2.24, 2.45) is 0 Å². The standard InChI is InChI=1S/C52H42N8Si2/c1-61-49(41-25-53-33-54-26-41)45(37-15-7-3-8-16-37)47(39-19-11-5-12-20-39)51(61,43-29-57-35-58-30-43)23-24-52(44-31-59-36-60-32-44)48(40-21-13-6-14-22-40)46(38-17-9-4-10-18-38)50(62(52)2)42-27-55-34-56-28-42/h3-22,25-36H,23-24H2,1-2H3. The molecular formula is C52H42N8Si2. The first-order chi connectivity index (χ1) is 30.6. The minimum Gasteiger partial charge on any atom is -0.245 e. The van der Waals surface area contributed by atoms with Crippen LogP contribution in [0.4, 0.5) is 0 Å². The van der Waals surface area contributed by atoms with Gasteiger partial charge in [0.15, 0.2) is 0 Å². The number of hydrogen-bond donors (Lipinski definition) is 0. The van der Waals surface area contributed by atoms with E-state index in [0.717, 1.165) is 46.2 Å². The molecule has 8 aromatic rings. The highest BCUT2D eigenvalue weighted by molar-refractivity contribution is 6.88. The molecule has 4 aromatic heterocycles. The van der Waals surface area contributed by atoms with Gasteiger partial charge in [-0.05, 0) is 78.9 Å². The fraction of sp³-hybridized carbons (Fsp3) is 0.115. The van der Waals surface area contributed by atoms with Crippen molar-refractivity contribution < 1.29 is 0 Å². The molecule has 0 saturated heterocycles. The smallest absolute Gasteiger partial charge is 0.115 e. The Morgan fingerprint density at radius 2 is 0.613 bits per heavy atom. The van der Waals surface area contributed by atoms with Gasteiger partial charge in [0, 0.05) is 87.6 Å². The highest BCUT2D eigenvalue weighted by Crippen LogP contribution is 2.57. The van der Waals surface area contributed by atoms with Gasteiger partial charge in [-0.2, -0.15) is 0 Å². The van der Waals surface area contributed by atoms with E-state index < -0.39 is 26.9 Å². The second kappa shape index (κ2) is 16.7. The number of rotatable bonds is 11. The van der Waals surface area contributed by atoms with E-state index in [-0.39, 0.29) is 0 Å². The summed E-state index contributed by atoms with van der Waals surface area (Å²) in [5.41, 5.74) is 14.0. The molecule has 0 N–H and O–H groups in total. The minimum atomic E-state index is -1.60. The van der Waals surface area contributed by atoms with Crippen molar-refractivity contribution in [2.75, 3.05) is 0 Å². The molecule has 0 spiro atoms. The first-order valence-corrected chi connectivity index (χ1v) is 24.8. The van der Waals surface area contributed by atoms with Crippen LogP contribution in [0.2, 0.25) is 13.1 Å². The van der Waals surface area contributed by atoms with Crippen LogP contribution < -0.4 is 0 Å². The van der Waals surface area contributed by atoms with Crippen molar-refractivity contribution in [3.05, 3.63) is 241 Å². The minimum absolute atomic E-state index is 0.526. The third kappa shape index (κ3) is 6.50. The van der Waals surface area contributed by atoms with E-state index in [0.29, 0.717) is 0 Å². The van der Waals surface area contributed by atoms with Crippen LogP contribution in [0.3, 0.4) is 0 Å². The highest BCUT2D eigenvalue weighted by Gasteiger charge is 2.53. The van der Waals surface area contributed by atoms with Crippen LogP contribution in [0.15, 0.2) is 196 Å². The number of allylic oxidation sites excluding steroid dienone is 4. The molecule has 62 heavy (non-hydrogen) atoms. The second-order valence-electron chi connectivity index (χ2n) is 15.8. The Labute approximate surface area is 364 Å². The van der Waals surface area contributed by atoms with E-state index in [9.17, 15) is 0 Å². The van der Waals surface area contributed by atoms with E-state index in [1.807, 2.05) is 24.8 Å². The van der Waals surface area contributed by atoms with Gasteiger partial charge >= 0.3 is 0 Å². The van der Waals surface area contributed by atoms with Gasteiger partial charge in [-0.1, -0.05) is 134 Å². The monoisotopic (exact) mass is 834 g/mol. The predicted molar refractivity (Wildman–Crippen MR) is 252 cm³/mol. The van der Waals surface area contributed by atoms with Crippen LogP contribution in [-0.4, -0.2) is 67.0 Å². The summed E-state index contributed by atoms with van der Waals surface area (Å²) in [7, 11) is -3.19. The molecule has 0 amide bonds. The molecule has 2 aliphatic heterocycles. The topological polar surface area (TPSA) is 103 Å². The molecule has 4 aromatic carbocycles. The molecule has 6 heterocycles. The summed E-state index contributed by atoms with van der Waals surface area (Å²) in [6.45, 7) is 4.96. The first-order valence-electron chi connectivity index (χ1n) is 20.8. The Morgan fingerprint density at radius 3 is 0.919 bits per heavy atom. The fourth-order valence-corrected chi connectivity index (χ4v) is 16.9. The quantitative estimate of drug-likeness (QED) is 0.119. The molecule has 10 heteroatoms. The average molecular weight is 835 g/mol. The number of hydrogen-bond acceptors (Lipinski definition) is 8. The molecule has 8 nitrogen and oxygen atoms in total. The summed E-state index contributed by atoms with van der Waals surface area (Å²) in [4.78, 5) is 37.5. The molecule has 0 radical (unpaired) electrons. The first kappa shape index (κ1) is 39.0. The summed E-state index contributed by atoms with van der Waals surface area (Å²) >= 11 is 0. The molecule has 0 fully saturated rings. The van der Waals surface area contributed by atoms with Gasteiger partial charge in [0.05, 0.1) is 0 Å². The molecule has 0 saturated carbocycles. The molecular weight excluding hydrogens is 793 g/mol. The Balaban J connectivity index is 1.33. The average Bonchev–Trinajstić information content (AvgIpc) is 3.78. The van der Waals surface area contributed by atoms with Crippen molar-refractivity contribution in [2.45, 2.75) is 36.0 Å². The van der Waals surface area contributed by atoms with Crippen LogP contribution >= 0.6 is 0 Å². The van der Waals surface area contributed by atoms with Crippen LogP contribution in [0.25, 0.3) is 22.3 Å². The zero-order valence-corrected chi connectivity index (χ0v) is 36.5. The SMILES string of the molecule is C[Si]1=C(c2cncnc2)C(c2ccccc2)=C(c2ccccc2)C1(CCC1(c2cncnc2)C(c2ccccc2)=C(c2ccccc2)C(c2cncnc2)=[Si]1C)c1cncnc1. The molecule has 298 valence electrons. The lowest BCUT2D eigenvalue weighted by molar-refractivity contribution is 0.562. The molecule has 10 rings (SSSR count). The molecule has 2 atom stereocenters. The Kier molecular flexibility index (Phi) is 10.5. The number of benzene rings is 4. The van der Waals surface area contributed by atoms with E-state index >= 15 is 0 Å². The van der Waals surface area contributed by atoms with E-state index in [4.69, 9.17) is 19.9 Å². The van der Waals surface area contributed by atoms with Crippen molar-refractivity contribution in [3.8, 4) is 0 Å². The summed E-state index contributed by atoms with van der Waals surface area (Å²) in [6.07, 6.45) is 24.3. The van der Waals surface area contributed by atoms with E-state index in [2.05, 4.69) is 179 Å². The van der Waals surface area contributed by atoms with E-state index in [1.165, 1.54) is 43.8 Å². The highest BCUT2D eigenvalue weighted by atomic mass is 28.2. The van der Waals surface area contributed by atoms with Gasteiger partial charge in [-0.15, -0.1) is 0 Å². The summed E-state index contributed by atoms with van der Waals surface area (Å²) in [6, 6.07) is 43.6. The van der Waals surface area contributed by atoms with Gasteiger partial charge in [0.25, 0.3) is 0 Å². The van der Waals surface area contributed by atoms with Crippen LogP contribution in [-0.2, 0) is 10.1 Å². The Morgan fingerprint density at radius 1 is 0.339 bits per heavy atom. The maximum Gasteiger partial charge on any atom is 0.115 e. The van der Waals surface area contributed by atoms with Crippen molar-refractivity contribution >= 4 is 49.4 Å². The summed E-state index contributed by atoms with van der Waals surface area (Å²) in [5, 5.41) is 1.55. The van der Waals surface area contributed by atoms with Gasteiger partial charge in [0.2, 0.25) is 0 Å². The van der Waals surface area contributed by atoms with Crippen molar-refractivity contribution in [1.82, 2.24) is 39.9 Å². The predicted octanol–water partition coefficient (Wildman–Crippen LogP) is 8.98. The molecule has 0 aliphatic carbocycles. The maximum absolute atomic E-state index is 4.78. The third-order valence-electron chi connectivity index (χ3n) is 12.8. The lowest BCUT2D eigenvalue weighted by atomic mass is 9.73. The zero-order valence-electron chi connectivity index (χ0n) is 34.5. The lowest BCUT2D eigenvalue weighted by Crippen LogP contribution is -2.43. The number of aromatic nitrogens is 8. The summed E-state index contributed by atoms with van der Waals surface area (Å²) < 4.78 is 0. The normalized spacial score (nSPS) is 18.8. The molecule has 2 unspecified atom stereocenters. The third-order valence-corrected chi connectivity index (χ3v) is 19.5. The lowest BCUT2D eigenvalue weighted by Gasteiger charge is -2.41. The van der Waals surface area contributed by atoms with E-state index in [1.54, 1.807) is 25.3 Å². The summed E-state index contributed by atoms with van der Waals surface area (Å²) in [5.74, 6) is 0.